The van der Waals surface area contributed by atoms with Gasteiger partial charge in [-0.15, -0.1) is 0 Å². The molecule has 0 saturated heterocycles. The number of benzene rings is 1. The standard InChI is InChI=1S/C13H11Br2N/c14-11-7-16-13-9-4-2-1-3-8(9)5-6-10(13)12(11)15/h5-7H,1-4H2. The molecule has 0 N–H and O–H groups in total. The molecule has 0 saturated carbocycles. The van der Waals surface area contributed by atoms with Crippen LogP contribution in [0.1, 0.15) is 24.0 Å². The third-order valence-electron chi connectivity index (χ3n) is 3.26. The molecule has 3 heteroatoms. The topological polar surface area (TPSA) is 12.9 Å². The van der Waals surface area contributed by atoms with Crippen LogP contribution in [0.15, 0.2) is 27.3 Å². The number of halogens is 2. The van der Waals surface area contributed by atoms with Gasteiger partial charge in [-0.2, -0.15) is 0 Å². The fraction of sp³-hybridized carbons (Fsp3) is 0.308. The molecule has 0 bridgehead atoms. The van der Waals surface area contributed by atoms with Crippen molar-refractivity contribution < 1.29 is 0 Å². The molecule has 0 amide bonds. The van der Waals surface area contributed by atoms with Gasteiger partial charge in [0.15, 0.2) is 0 Å². The highest BCUT2D eigenvalue weighted by Crippen LogP contribution is 2.34. The van der Waals surface area contributed by atoms with Crippen molar-refractivity contribution in [2.45, 2.75) is 25.7 Å². The minimum atomic E-state index is 1.02. The van der Waals surface area contributed by atoms with Gasteiger partial charge in [0.25, 0.3) is 0 Å². The van der Waals surface area contributed by atoms with Gasteiger partial charge in [-0.1, -0.05) is 12.1 Å². The van der Waals surface area contributed by atoms with Gasteiger partial charge in [0.2, 0.25) is 0 Å². The first-order valence-electron chi connectivity index (χ1n) is 5.52. The molecule has 0 radical (unpaired) electrons. The van der Waals surface area contributed by atoms with E-state index in [0.29, 0.717) is 0 Å². The Hall–Kier alpha value is -0.410. The summed E-state index contributed by atoms with van der Waals surface area (Å²) in [6.07, 6.45) is 6.88. The van der Waals surface area contributed by atoms with Crippen LogP contribution in [0.2, 0.25) is 0 Å². The molecule has 16 heavy (non-hydrogen) atoms. The van der Waals surface area contributed by atoms with Crippen molar-refractivity contribution in [3.63, 3.8) is 0 Å². The Bertz CT molecular complexity index is 563. The Labute approximate surface area is 112 Å². The molecule has 2 aromatic rings. The lowest BCUT2D eigenvalue weighted by Gasteiger charge is -2.17. The molecule has 3 rings (SSSR count). The summed E-state index contributed by atoms with van der Waals surface area (Å²) in [5.74, 6) is 0. The summed E-state index contributed by atoms with van der Waals surface area (Å²) in [5, 5.41) is 1.22. The van der Waals surface area contributed by atoms with Crippen LogP contribution in [0.3, 0.4) is 0 Å². The van der Waals surface area contributed by atoms with Crippen molar-refractivity contribution in [1.82, 2.24) is 4.98 Å². The lowest BCUT2D eigenvalue weighted by Crippen LogP contribution is -2.04. The largest absolute Gasteiger partial charge is 0.255 e. The number of rotatable bonds is 0. The quantitative estimate of drug-likeness (QED) is 0.680. The normalized spacial score (nSPS) is 15.1. The number of pyridine rings is 1. The summed E-state index contributed by atoms with van der Waals surface area (Å²) >= 11 is 7.12. The van der Waals surface area contributed by atoms with Gasteiger partial charge in [0.05, 0.1) is 9.99 Å². The summed E-state index contributed by atoms with van der Waals surface area (Å²) < 4.78 is 2.14. The maximum absolute atomic E-state index is 4.58. The van der Waals surface area contributed by atoms with Crippen LogP contribution >= 0.6 is 31.9 Å². The highest BCUT2D eigenvalue weighted by atomic mass is 79.9. The van der Waals surface area contributed by atoms with Crippen LogP contribution in [0.5, 0.6) is 0 Å². The molecule has 0 aliphatic heterocycles. The first-order valence-corrected chi connectivity index (χ1v) is 7.10. The van der Waals surface area contributed by atoms with E-state index in [1.807, 2.05) is 6.20 Å². The van der Waals surface area contributed by atoms with E-state index in [2.05, 4.69) is 49.0 Å². The Morgan fingerprint density at radius 2 is 1.88 bits per heavy atom. The Balaban J connectivity index is 2.36. The SMILES string of the molecule is Brc1cnc2c3c(ccc2c1Br)CCCC3. The average molecular weight is 341 g/mol. The second kappa shape index (κ2) is 4.11. The number of fused-ring (bicyclic) bond motifs is 3. The van der Waals surface area contributed by atoms with Crippen LogP contribution in [-0.4, -0.2) is 4.98 Å². The molecular weight excluding hydrogens is 330 g/mol. The zero-order valence-corrected chi connectivity index (χ0v) is 11.9. The fourth-order valence-electron chi connectivity index (χ4n) is 2.44. The molecule has 0 unspecified atom stereocenters. The lowest BCUT2D eigenvalue weighted by atomic mass is 9.90. The van der Waals surface area contributed by atoms with Crippen LogP contribution in [0.4, 0.5) is 0 Å². The van der Waals surface area contributed by atoms with E-state index in [4.69, 9.17) is 0 Å². The molecule has 0 spiro atoms. The van der Waals surface area contributed by atoms with Crippen LogP contribution in [-0.2, 0) is 12.8 Å². The van der Waals surface area contributed by atoms with Crippen molar-refractivity contribution in [2.24, 2.45) is 0 Å². The predicted molar refractivity (Wildman–Crippen MR) is 73.8 cm³/mol. The first kappa shape index (κ1) is 10.7. The summed E-state index contributed by atoms with van der Waals surface area (Å²) in [7, 11) is 0. The van der Waals surface area contributed by atoms with Crippen LogP contribution < -0.4 is 0 Å². The van der Waals surface area contributed by atoms with Crippen molar-refractivity contribution in [2.75, 3.05) is 0 Å². The van der Waals surface area contributed by atoms with E-state index < -0.39 is 0 Å². The van der Waals surface area contributed by atoms with E-state index in [-0.39, 0.29) is 0 Å². The van der Waals surface area contributed by atoms with Gasteiger partial charge in [0, 0.05) is 16.1 Å². The minimum Gasteiger partial charge on any atom is -0.255 e. The Morgan fingerprint density at radius 3 is 2.75 bits per heavy atom. The number of aromatic nitrogens is 1. The summed E-state index contributed by atoms with van der Waals surface area (Å²) in [5.41, 5.74) is 4.12. The van der Waals surface area contributed by atoms with E-state index in [9.17, 15) is 0 Å². The molecule has 1 aliphatic rings. The Morgan fingerprint density at radius 1 is 1.06 bits per heavy atom. The minimum absolute atomic E-state index is 1.02. The van der Waals surface area contributed by atoms with Crippen LogP contribution in [0, 0.1) is 0 Å². The number of hydrogen-bond donors (Lipinski definition) is 0. The van der Waals surface area contributed by atoms with Gasteiger partial charge in [-0.25, -0.2) is 0 Å². The van der Waals surface area contributed by atoms with E-state index >= 15 is 0 Å². The number of nitrogens with zero attached hydrogens (tertiary/aromatic N) is 1. The van der Waals surface area contributed by atoms with Crippen molar-refractivity contribution in [3.05, 3.63) is 38.4 Å². The smallest absolute Gasteiger partial charge is 0.0748 e. The van der Waals surface area contributed by atoms with Gasteiger partial charge in [-0.05, 0) is 68.7 Å². The van der Waals surface area contributed by atoms with Crippen molar-refractivity contribution in [1.29, 1.82) is 0 Å². The molecule has 82 valence electrons. The highest BCUT2D eigenvalue weighted by Gasteiger charge is 2.15. The summed E-state index contributed by atoms with van der Waals surface area (Å²) in [6, 6.07) is 4.44. The maximum atomic E-state index is 4.58. The third kappa shape index (κ3) is 1.61. The van der Waals surface area contributed by atoms with Crippen molar-refractivity contribution >= 4 is 42.8 Å². The second-order valence-electron chi connectivity index (χ2n) is 4.23. The van der Waals surface area contributed by atoms with E-state index in [1.165, 1.54) is 47.7 Å². The first-order chi connectivity index (χ1) is 7.77. The molecule has 1 nitrogen and oxygen atoms in total. The number of aryl methyl sites for hydroxylation is 2. The zero-order valence-electron chi connectivity index (χ0n) is 8.76. The molecule has 1 aromatic heterocycles. The third-order valence-corrected chi connectivity index (χ3v) is 5.24. The van der Waals surface area contributed by atoms with E-state index in [1.54, 1.807) is 0 Å². The molecule has 1 aliphatic carbocycles. The second-order valence-corrected chi connectivity index (χ2v) is 5.87. The summed E-state index contributed by atoms with van der Waals surface area (Å²) in [6.45, 7) is 0. The Kier molecular flexibility index (Phi) is 2.76. The van der Waals surface area contributed by atoms with Gasteiger partial charge < -0.3 is 0 Å². The van der Waals surface area contributed by atoms with Gasteiger partial charge in [0.1, 0.15) is 0 Å². The van der Waals surface area contributed by atoms with Gasteiger partial charge >= 0.3 is 0 Å². The number of hydrogen-bond acceptors (Lipinski definition) is 1. The zero-order chi connectivity index (χ0) is 11.1. The highest BCUT2D eigenvalue weighted by molar-refractivity contribution is 9.13. The monoisotopic (exact) mass is 339 g/mol. The maximum Gasteiger partial charge on any atom is 0.0748 e. The average Bonchev–Trinajstić information content (AvgIpc) is 2.33. The van der Waals surface area contributed by atoms with E-state index in [0.717, 1.165) is 8.95 Å². The summed E-state index contributed by atoms with van der Waals surface area (Å²) in [4.78, 5) is 4.58. The van der Waals surface area contributed by atoms with Crippen molar-refractivity contribution in [3.8, 4) is 0 Å². The molecule has 0 fully saturated rings. The molecule has 1 heterocycles. The van der Waals surface area contributed by atoms with Gasteiger partial charge in [-0.3, -0.25) is 4.98 Å². The molecule has 1 aromatic carbocycles. The molecular formula is C13H11Br2N. The lowest BCUT2D eigenvalue weighted by molar-refractivity contribution is 0.689. The predicted octanol–water partition coefficient (Wildman–Crippen LogP) is 4.64. The fourth-order valence-corrected chi connectivity index (χ4v) is 3.18. The van der Waals surface area contributed by atoms with Crippen LogP contribution in [0.25, 0.3) is 10.9 Å². The molecule has 0 atom stereocenters.